The van der Waals surface area contributed by atoms with Crippen LogP contribution in [0, 0.1) is 13.8 Å². The highest BCUT2D eigenvalue weighted by molar-refractivity contribution is 9.10. The van der Waals surface area contributed by atoms with Crippen LogP contribution < -0.4 is 19.6 Å². The van der Waals surface area contributed by atoms with Crippen LogP contribution >= 0.6 is 27.3 Å². The molecule has 0 aliphatic carbocycles. The Morgan fingerprint density at radius 2 is 1.93 bits per heavy atom. The van der Waals surface area contributed by atoms with Gasteiger partial charge in [-0.05, 0) is 67.8 Å². The summed E-state index contributed by atoms with van der Waals surface area (Å²) in [5, 5.41) is 0. The normalized spacial score (nSPS) is 12.2. The Balaban J connectivity index is 1.92. The van der Waals surface area contributed by atoms with Crippen molar-refractivity contribution in [2.45, 2.75) is 20.8 Å². The molecule has 7 heteroatoms. The highest BCUT2D eigenvalue weighted by Crippen LogP contribution is 2.34. The highest BCUT2D eigenvalue weighted by atomic mass is 79.9. The minimum Gasteiger partial charge on any atom is -0.493 e. The molecule has 0 fully saturated rings. The van der Waals surface area contributed by atoms with E-state index in [0.29, 0.717) is 27.6 Å². The van der Waals surface area contributed by atoms with E-state index in [9.17, 15) is 4.79 Å². The quantitative estimate of drug-likeness (QED) is 0.458. The molecule has 0 aliphatic heterocycles. The van der Waals surface area contributed by atoms with Crippen molar-refractivity contribution in [1.82, 2.24) is 9.38 Å². The lowest BCUT2D eigenvalue weighted by atomic mass is 10.1. The van der Waals surface area contributed by atoms with E-state index in [-0.39, 0.29) is 5.56 Å². The molecule has 2 heterocycles. The summed E-state index contributed by atoms with van der Waals surface area (Å²) >= 11 is 4.95. The molecule has 0 aliphatic rings. The number of hydrogen-bond donors (Lipinski definition) is 0. The lowest BCUT2D eigenvalue weighted by molar-refractivity contribution is 0.310. The van der Waals surface area contributed by atoms with Crippen molar-refractivity contribution >= 4 is 49.3 Å². The molecular weight excluding hydrogens is 440 g/mol. The summed E-state index contributed by atoms with van der Waals surface area (Å²) in [5.74, 6) is 1.29. The molecule has 0 amide bonds. The number of methoxy groups -OCH3 is 1. The van der Waals surface area contributed by atoms with Crippen LogP contribution in [0.3, 0.4) is 0 Å². The van der Waals surface area contributed by atoms with Crippen LogP contribution in [0.15, 0.2) is 33.5 Å². The van der Waals surface area contributed by atoms with Gasteiger partial charge in [0.15, 0.2) is 16.5 Å². The number of nitrogens with zero attached hydrogens (tertiary/aromatic N) is 2. The van der Waals surface area contributed by atoms with E-state index in [1.54, 1.807) is 11.5 Å². The van der Waals surface area contributed by atoms with Gasteiger partial charge >= 0.3 is 0 Å². The van der Waals surface area contributed by atoms with Gasteiger partial charge < -0.3 is 9.47 Å². The monoisotopic (exact) mass is 458 g/mol. The first-order valence-electron chi connectivity index (χ1n) is 8.87. The third-order valence-electron chi connectivity index (χ3n) is 4.72. The zero-order valence-corrected chi connectivity index (χ0v) is 18.4. The average molecular weight is 459 g/mol. The van der Waals surface area contributed by atoms with Gasteiger partial charge in [0.1, 0.15) is 0 Å². The second kappa shape index (κ2) is 7.22. The van der Waals surface area contributed by atoms with Gasteiger partial charge in [-0.1, -0.05) is 27.3 Å². The van der Waals surface area contributed by atoms with Crippen LogP contribution in [0.5, 0.6) is 11.5 Å². The number of aromatic nitrogens is 2. The maximum atomic E-state index is 13.1. The van der Waals surface area contributed by atoms with Crippen molar-refractivity contribution in [1.29, 1.82) is 0 Å². The first-order valence-corrected chi connectivity index (χ1v) is 10.5. The van der Waals surface area contributed by atoms with Crippen LogP contribution in [0.1, 0.15) is 23.6 Å². The summed E-state index contributed by atoms with van der Waals surface area (Å²) in [6, 6.07) is 7.78. The molecular formula is C21H19BrN2O3S. The van der Waals surface area contributed by atoms with Crippen molar-refractivity contribution in [3.8, 4) is 11.5 Å². The predicted molar refractivity (Wildman–Crippen MR) is 117 cm³/mol. The number of fused-ring (bicyclic) bond motifs is 3. The smallest absolute Gasteiger partial charge is 0.274 e. The van der Waals surface area contributed by atoms with Crippen molar-refractivity contribution in [2.75, 3.05) is 13.7 Å². The molecule has 0 atom stereocenters. The Hall–Kier alpha value is -2.38. The minimum absolute atomic E-state index is 0.0643. The summed E-state index contributed by atoms with van der Waals surface area (Å²) in [5.41, 5.74) is 4.79. The molecule has 0 bridgehead atoms. The molecule has 2 aromatic carbocycles. The summed E-state index contributed by atoms with van der Waals surface area (Å²) in [6.07, 6.45) is 1.86. The zero-order valence-electron chi connectivity index (χ0n) is 16.0. The fourth-order valence-electron chi connectivity index (χ4n) is 3.15. The number of hydrogen-bond acceptors (Lipinski definition) is 5. The maximum Gasteiger partial charge on any atom is 0.274 e. The standard InChI is InChI=1S/C21H19BrN2O3S/c1-5-27-18-10-14(22)13(8-17(18)26-4)9-19-20(25)24-16-7-12(3)11(2)6-15(16)23-21(24)28-19/h6-10H,5H2,1-4H3/b19-9-. The molecule has 0 unspecified atom stereocenters. The third kappa shape index (κ3) is 3.08. The highest BCUT2D eigenvalue weighted by Gasteiger charge is 2.14. The first-order chi connectivity index (χ1) is 13.4. The van der Waals surface area contributed by atoms with E-state index in [1.165, 1.54) is 16.9 Å². The predicted octanol–water partition coefficient (Wildman–Crippen LogP) is 4.24. The van der Waals surface area contributed by atoms with Crippen molar-refractivity contribution in [3.63, 3.8) is 0 Å². The van der Waals surface area contributed by atoms with Gasteiger partial charge in [0.05, 0.1) is 29.3 Å². The van der Waals surface area contributed by atoms with E-state index < -0.39 is 0 Å². The summed E-state index contributed by atoms with van der Waals surface area (Å²) in [6.45, 7) is 6.56. The molecule has 4 rings (SSSR count). The third-order valence-corrected chi connectivity index (χ3v) is 6.38. The van der Waals surface area contributed by atoms with Gasteiger partial charge in [-0.15, -0.1) is 0 Å². The van der Waals surface area contributed by atoms with Gasteiger partial charge in [0.2, 0.25) is 0 Å². The second-order valence-corrected chi connectivity index (χ2v) is 8.39. The van der Waals surface area contributed by atoms with Crippen molar-refractivity contribution < 1.29 is 9.47 Å². The van der Waals surface area contributed by atoms with Crippen LogP contribution in [0.4, 0.5) is 0 Å². The van der Waals surface area contributed by atoms with E-state index in [2.05, 4.69) is 27.8 Å². The Bertz CT molecular complexity index is 1320. The maximum absolute atomic E-state index is 13.1. The molecule has 0 radical (unpaired) electrons. The summed E-state index contributed by atoms with van der Waals surface area (Å²) < 4.78 is 14.2. The Morgan fingerprint density at radius 3 is 2.64 bits per heavy atom. The van der Waals surface area contributed by atoms with Crippen LogP contribution in [-0.4, -0.2) is 23.1 Å². The number of aryl methyl sites for hydroxylation is 2. The molecule has 144 valence electrons. The first kappa shape index (κ1) is 19.0. The second-order valence-electron chi connectivity index (χ2n) is 6.53. The van der Waals surface area contributed by atoms with Crippen LogP contribution in [-0.2, 0) is 0 Å². The average Bonchev–Trinajstić information content (AvgIpc) is 3.14. The zero-order chi connectivity index (χ0) is 20.0. The topological polar surface area (TPSA) is 52.8 Å². The fourth-order valence-corrected chi connectivity index (χ4v) is 4.56. The Kier molecular flexibility index (Phi) is 4.89. The van der Waals surface area contributed by atoms with Crippen LogP contribution in [0.25, 0.3) is 22.1 Å². The summed E-state index contributed by atoms with van der Waals surface area (Å²) in [7, 11) is 1.60. The summed E-state index contributed by atoms with van der Waals surface area (Å²) in [4.78, 5) is 18.4. The molecule has 0 N–H and O–H groups in total. The molecule has 4 aromatic rings. The molecule has 2 aromatic heterocycles. The largest absolute Gasteiger partial charge is 0.493 e. The van der Waals surface area contributed by atoms with E-state index in [0.717, 1.165) is 26.6 Å². The van der Waals surface area contributed by atoms with Gasteiger partial charge in [-0.25, -0.2) is 9.38 Å². The van der Waals surface area contributed by atoms with E-state index >= 15 is 0 Å². The molecule has 0 saturated heterocycles. The fraction of sp³-hybridized carbons (Fsp3) is 0.238. The van der Waals surface area contributed by atoms with Gasteiger partial charge in [-0.2, -0.15) is 0 Å². The van der Waals surface area contributed by atoms with Gasteiger partial charge in [0.25, 0.3) is 5.56 Å². The minimum atomic E-state index is -0.0643. The molecule has 0 spiro atoms. The van der Waals surface area contributed by atoms with Crippen molar-refractivity contribution in [2.24, 2.45) is 0 Å². The lowest BCUT2D eigenvalue weighted by Gasteiger charge is -2.11. The molecule has 28 heavy (non-hydrogen) atoms. The van der Waals surface area contributed by atoms with E-state index in [1.807, 2.05) is 44.2 Å². The van der Waals surface area contributed by atoms with Gasteiger partial charge in [-0.3, -0.25) is 4.79 Å². The SMILES string of the molecule is CCOc1cc(Br)c(/C=c2\sc3nc4cc(C)c(C)cc4n3c2=O)cc1OC. The number of imidazole rings is 1. The number of rotatable bonds is 4. The number of benzene rings is 2. The van der Waals surface area contributed by atoms with E-state index in [4.69, 9.17) is 9.47 Å². The number of halogens is 1. The number of thiazole rings is 1. The Labute approximate surface area is 174 Å². The molecule has 5 nitrogen and oxygen atoms in total. The number of ether oxygens (including phenoxy) is 2. The molecule has 0 saturated carbocycles. The Morgan fingerprint density at radius 1 is 1.18 bits per heavy atom. The lowest BCUT2D eigenvalue weighted by Crippen LogP contribution is -2.22. The van der Waals surface area contributed by atoms with Crippen LogP contribution in [0.2, 0.25) is 0 Å². The van der Waals surface area contributed by atoms with Gasteiger partial charge in [0, 0.05) is 4.47 Å². The van der Waals surface area contributed by atoms with Crippen molar-refractivity contribution in [3.05, 3.63) is 60.3 Å².